The summed E-state index contributed by atoms with van der Waals surface area (Å²) in [4.78, 5) is 21.1. The maximum atomic E-state index is 12.3. The Bertz CT molecular complexity index is 1190. The van der Waals surface area contributed by atoms with Crippen LogP contribution in [0.4, 0.5) is 0 Å². The van der Waals surface area contributed by atoms with E-state index in [4.69, 9.17) is 18.7 Å². The van der Waals surface area contributed by atoms with Gasteiger partial charge >= 0.3 is 5.97 Å². The zero-order valence-corrected chi connectivity index (χ0v) is 18.4. The van der Waals surface area contributed by atoms with Crippen molar-refractivity contribution < 1.29 is 23.5 Å². The minimum atomic E-state index is -0.421. The van der Waals surface area contributed by atoms with Gasteiger partial charge in [0.05, 0.1) is 31.4 Å². The van der Waals surface area contributed by atoms with Crippen LogP contribution in [0.2, 0.25) is 0 Å². The van der Waals surface area contributed by atoms with E-state index in [2.05, 4.69) is 15.1 Å². The summed E-state index contributed by atoms with van der Waals surface area (Å²) in [5, 5.41) is 6.50. The number of rotatable bonds is 9. The Morgan fingerprint density at radius 2 is 1.91 bits per heavy atom. The van der Waals surface area contributed by atoms with Crippen LogP contribution in [0, 0.1) is 0 Å². The van der Waals surface area contributed by atoms with Crippen LogP contribution in [0.1, 0.15) is 18.4 Å². The third-order valence-electron chi connectivity index (χ3n) is 4.46. The second-order valence-corrected chi connectivity index (χ2v) is 7.51. The van der Waals surface area contributed by atoms with Gasteiger partial charge in [0.2, 0.25) is 5.82 Å². The summed E-state index contributed by atoms with van der Waals surface area (Å²) in [5.74, 6) is 1.71. The molecule has 0 bridgehead atoms. The lowest BCUT2D eigenvalue weighted by atomic mass is 10.2. The molecule has 2 aromatic heterocycles. The second-order valence-electron chi connectivity index (χ2n) is 6.65. The Hall–Kier alpha value is -3.72. The average molecular weight is 452 g/mol. The van der Waals surface area contributed by atoms with Crippen LogP contribution >= 0.6 is 11.3 Å². The fourth-order valence-corrected chi connectivity index (χ4v) is 3.79. The summed E-state index contributed by atoms with van der Waals surface area (Å²) in [6, 6.07) is 14.9. The maximum Gasteiger partial charge on any atom is 0.312 e. The van der Waals surface area contributed by atoms with E-state index < -0.39 is 5.97 Å². The predicted molar refractivity (Wildman–Crippen MR) is 119 cm³/mol. The monoisotopic (exact) mass is 451 g/mol. The number of methoxy groups -OCH3 is 1. The Kier molecular flexibility index (Phi) is 6.76. The molecule has 0 aliphatic rings. The van der Waals surface area contributed by atoms with Crippen LogP contribution in [0.3, 0.4) is 0 Å². The van der Waals surface area contributed by atoms with Crippen molar-refractivity contribution in [2.24, 2.45) is 0 Å². The first-order valence-electron chi connectivity index (χ1n) is 9.95. The molecule has 0 saturated carbocycles. The second kappa shape index (κ2) is 10.1. The lowest BCUT2D eigenvalue weighted by Gasteiger charge is -2.07. The Morgan fingerprint density at radius 1 is 1.09 bits per heavy atom. The van der Waals surface area contributed by atoms with Crippen LogP contribution in [-0.2, 0) is 22.6 Å². The van der Waals surface area contributed by atoms with E-state index >= 15 is 0 Å². The molecule has 164 valence electrons. The minimum absolute atomic E-state index is 0.0521. The third kappa shape index (κ3) is 5.12. The largest absolute Gasteiger partial charge is 0.497 e. The van der Waals surface area contributed by atoms with Crippen LogP contribution < -0.4 is 9.47 Å². The summed E-state index contributed by atoms with van der Waals surface area (Å²) in [6.45, 7) is 2.42. The van der Waals surface area contributed by atoms with Gasteiger partial charge in [-0.3, -0.25) is 4.79 Å². The van der Waals surface area contributed by atoms with Gasteiger partial charge in [0, 0.05) is 10.9 Å². The fraction of sp³-hybridized carbons (Fsp3) is 0.217. The Labute approximate surface area is 188 Å². The average Bonchev–Trinajstić information content (AvgIpc) is 3.48. The molecule has 9 heteroatoms. The summed E-state index contributed by atoms with van der Waals surface area (Å²) < 4.78 is 21.3. The van der Waals surface area contributed by atoms with Gasteiger partial charge in [0.25, 0.3) is 5.89 Å². The molecule has 0 aliphatic carbocycles. The molecule has 4 aromatic rings. The number of esters is 1. The Morgan fingerprint density at radius 3 is 2.69 bits per heavy atom. The van der Waals surface area contributed by atoms with E-state index in [0.29, 0.717) is 18.2 Å². The summed E-state index contributed by atoms with van der Waals surface area (Å²) in [6.07, 6.45) is 0.0521. The number of hydrogen-bond acceptors (Lipinski definition) is 9. The molecule has 2 aromatic carbocycles. The van der Waals surface area contributed by atoms with Gasteiger partial charge in [0.15, 0.2) is 6.61 Å². The van der Waals surface area contributed by atoms with E-state index in [1.165, 1.54) is 11.3 Å². The standard InChI is InChI=1S/C23H21N3O5S/c1-3-29-19-7-5-4-6-18(19)23-24-16(14-32-23)12-21(27)30-13-20-25-22(31-26-20)15-8-10-17(28-2)11-9-15/h4-11,14H,3,12-13H2,1-2H3. The van der Waals surface area contributed by atoms with Gasteiger partial charge < -0.3 is 18.7 Å². The molecule has 0 saturated heterocycles. The van der Waals surface area contributed by atoms with Gasteiger partial charge in [0.1, 0.15) is 16.5 Å². The van der Waals surface area contributed by atoms with Crippen LogP contribution in [0.25, 0.3) is 22.0 Å². The zero-order valence-electron chi connectivity index (χ0n) is 17.6. The van der Waals surface area contributed by atoms with Crippen LogP contribution in [-0.4, -0.2) is 34.8 Å². The van der Waals surface area contributed by atoms with Crippen molar-refractivity contribution in [3.05, 3.63) is 65.4 Å². The first kappa shape index (κ1) is 21.5. The number of hydrogen-bond donors (Lipinski definition) is 0. The lowest BCUT2D eigenvalue weighted by Crippen LogP contribution is -2.09. The molecule has 0 N–H and O–H groups in total. The Balaban J connectivity index is 1.34. The third-order valence-corrected chi connectivity index (χ3v) is 5.39. The number of benzene rings is 2. The molecule has 0 amide bonds. The number of thiazole rings is 1. The molecule has 0 unspecified atom stereocenters. The van der Waals surface area contributed by atoms with Gasteiger partial charge in [-0.1, -0.05) is 17.3 Å². The molecule has 2 heterocycles. The highest BCUT2D eigenvalue weighted by Crippen LogP contribution is 2.32. The van der Waals surface area contributed by atoms with E-state index in [9.17, 15) is 4.79 Å². The van der Waals surface area contributed by atoms with Crippen LogP contribution in [0.15, 0.2) is 58.4 Å². The quantitative estimate of drug-likeness (QED) is 0.342. The summed E-state index contributed by atoms with van der Waals surface area (Å²) >= 11 is 1.46. The first-order valence-corrected chi connectivity index (χ1v) is 10.8. The molecule has 32 heavy (non-hydrogen) atoms. The van der Waals surface area contributed by atoms with E-state index in [1.807, 2.05) is 48.7 Å². The number of nitrogens with zero attached hydrogens (tertiary/aromatic N) is 3. The molecule has 4 rings (SSSR count). The van der Waals surface area contributed by atoms with Crippen molar-refractivity contribution in [3.8, 4) is 33.5 Å². The number of ether oxygens (including phenoxy) is 3. The molecule has 0 radical (unpaired) electrons. The van der Waals surface area contributed by atoms with Gasteiger partial charge in [-0.2, -0.15) is 4.98 Å². The number of carbonyl (C=O) groups excluding carboxylic acids is 1. The lowest BCUT2D eigenvalue weighted by molar-refractivity contribution is -0.144. The minimum Gasteiger partial charge on any atom is -0.497 e. The van der Waals surface area contributed by atoms with Gasteiger partial charge in [-0.15, -0.1) is 11.3 Å². The molecule has 0 fully saturated rings. The predicted octanol–water partition coefficient (Wildman–Crippen LogP) is 4.55. The number of aromatic nitrogens is 3. The highest BCUT2D eigenvalue weighted by atomic mass is 32.1. The first-order chi connectivity index (χ1) is 15.7. The molecule has 0 spiro atoms. The van der Waals surface area contributed by atoms with Crippen molar-refractivity contribution in [3.63, 3.8) is 0 Å². The smallest absolute Gasteiger partial charge is 0.312 e. The highest BCUT2D eigenvalue weighted by Gasteiger charge is 2.15. The van der Waals surface area contributed by atoms with Crippen molar-refractivity contribution in [2.75, 3.05) is 13.7 Å². The normalized spacial score (nSPS) is 10.7. The van der Waals surface area contributed by atoms with Crippen molar-refractivity contribution >= 4 is 17.3 Å². The summed E-state index contributed by atoms with van der Waals surface area (Å²) in [5.41, 5.74) is 2.28. The zero-order chi connectivity index (χ0) is 22.3. The van der Waals surface area contributed by atoms with Gasteiger partial charge in [-0.05, 0) is 43.3 Å². The SMILES string of the molecule is CCOc1ccccc1-c1nc(CC(=O)OCc2noc(-c3ccc(OC)cc3)n2)cs1. The van der Waals surface area contributed by atoms with Crippen molar-refractivity contribution in [1.82, 2.24) is 15.1 Å². The maximum absolute atomic E-state index is 12.3. The highest BCUT2D eigenvalue weighted by molar-refractivity contribution is 7.13. The molecular formula is C23H21N3O5S. The van der Waals surface area contributed by atoms with Gasteiger partial charge in [-0.25, -0.2) is 4.98 Å². The van der Waals surface area contributed by atoms with Crippen LogP contribution in [0.5, 0.6) is 11.5 Å². The fourth-order valence-electron chi connectivity index (χ4n) is 2.94. The number of para-hydroxylation sites is 1. The number of carbonyl (C=O) groups is 1. The van der Waals surface area contributed by atoms with E-state index in [1.54, 1.807) is 19.2 Å². The van der Waals surface area contributed by atoms with Crippen molar-refractivity contribution in [2.45, 2.75) is 20.0 Å². The summed E-state index contributed by atoms with van der Waals surface area (Å²) in [7, 11) is 1.60. The van der Waals surface area contributed by atoms with E-state index in [-0.39, 0.29) is 18.9 Å². The molecule has 0 atom stereocenters. The topological polar surface area (TPSA) is 96.6 Å². The molecule has 8 nitrogen and oxygen atoms in total. The van der Waals surface area contributed by atoms with E-state index in [0.717, 1.165) is 27.6 Å². The molecular weight excluding hydrogens is 430 g/mol. The van der Waals surface area contributed by atoms with Crippen molar-refractivity contribution in [1.29, 1.82) is 0 Å². The molecule has 0 aliphatic heterocycles.